The van der Waals surface area contributed by atoms with Gasteiger partial charge in [0, 0.05) is 11.8 Å². The molecule has 0 unspecified atom stereocenters. The molecule has 7 nitrogen and oxygen atoms in total. The molecular formula is C20H19Cl2NO6. The van der Waals surface area contributed by atoms with E-state index in [1.807, 2.05) is 0 Å². The van der Waals surface area contributed by atoms with Crippen molar-refractivity contribution < 1.29 is 28.5 Å². The second-order valence-electron chi connectivity index (χ2n) is 5.58. The van der Waals surface area contributed by atoms with Gasteiger partial charge < -0.3 is 24.3 Å². The summed E-state index contributed by atoms with van der Waals surface area (Å²) in [6.45, 7) is -0.459. The lowest BCUT2D eigenvalue weighted by Crippen LogP contribution is -2.20. The fourth-order valence-electron chi connectivity index (χ4n) is 2.32. The third-order valence-electron chi connectivity index (χ3n) is 3.65. The Morgan fingerprint density at radius 3 is 2.31 bits per heavy atom. The van der Waals surface area contributed by atoms with Gasteiger partial charge in [0.1, 0.15) is 5.75 Å². The summed E-state index contributed by atoms with van der Waals surface area (Å²) in [5, 5.41) is 3.25. The molecule has 2 rings (SSSR count). The molecule has 9 heteroatoms. The van der Waals surface area contributed by atoms with E-state index in [9.17, 15) is 9.59 Å². The number of carbonyl (C=O) groups excluding carboxylic acids is 2. The summed E-state index contributed by atoms with van der Waals surface area (Å²) in [4.78, 5) is 23.8. The molecule has 1 amide bonds. The molecule has 0 saturated carbocycles. The van der Waals surface area contributed by atoms with Gasteiger partial charge in [-0.3, -0.25) is 4.79 Å². The smallest absolute Gasteiger partial charge is 0.331 e. The molecule has 0 spiro atoms. The summed E-state index contributed by atoms with van der Waals surface area (Å²) in [6.07, 6.45) is 2.66. The van der Waals surface area contributed by atoms with Crippen LogP contribution in [-0.2, 0) is 14.3 Å². The maximum absolute atomic E-state index is 11.9. The van der Waals surface area contributed by atoms with Crippen LogP contribution in [0.15, 0.2) is 36.4 Å². The molecule has 0 aliphatic heterocycles. The van der Waals surface area contributed by atoms with Crippen LogP contribution in [-0.4, -0.2) is 39.8 Å². The van der Waals surface area contributed by atoms with Gasteiger partial charge in [-0.25, -0.2) is 4.79 Å². The van der Waals surface area contributed by atoms with Gasteiger partial charge in [-0.05, 0) is 42.0 Å². The first kappa shape index (κ1) is 22.4. The van der Waals surface area contributed by atoms with Crippen LogP contribution in [0.5, 0.6) is 17.2 Å². The molecule has 0 heterocycles. The van der Waals surface area contributed by atoms with Crippen LogP contribution in [0.1, 0.15) is 5.56 Å². The zero-order chi connectivity index (χ0) is 21.4. The van der Waals surface area contributed by atoms with Crippen molar-refractivity contribution >= 4 is 46.8 Å². The number of amides is 1. The molecule has 0 atom stereocenters. The lowest BCUT2D eigenvalue weighted by Gasteiger charge is -2.10. The Balaban J connectivity index is 1.91. The Bertz CT molecular complexity index is 929. The quantitative estimate of drug-likeness (QED) is 0.489. The highest BCUT2D eigenvalue weighted by molar-refractivity contribution is 6.32. The summed E-state index contributed by atoms with van der Waals surface area (Å²) in [6, 6.07) is 8.01. The third kappa shape index (κ3) is 6.30. The average Bonchev–Trinajstić information content (AvgIpc) is 2.70. The minimum absolute atomic E-state index is 0.331. The van der Waals surface area contributed by atoms with E-state index in [2.05, 4.69) is 5.32 Å². The lowest BCUT2D eigenvalue weighted by atomic mass is 10.2. The standard InChI is InChI=1S/C20H19Cl2NO6/c1-26-16-6-5-13(10-14(16)21)23-18(24)11-29-19(25)7-4-12-8-15(22)20(28-3)17(9-12)27-2/h4-10H,11H2,1-3H3,(H,23,24)/b7-4+. The van der Waals surface area contributed by atoms with Crippen LogP contribution >= 0.6 is 23.2 Å². The molecule has 154 valence electrons. The van der Waals surface area contributed by atoms with Crippen LogP contribution in [0.25, 0.3) is 6.08 Å². The number of halogens is 2. The first-order valence-electron chi connectivity index (χ1n) is 8.27. The van der Waals surface area contributed by atoms with E-state index in [0.29, 0.717) is 38.5 Å². The molecule has 2 aromatic rings. The van der Waals surface area contributed by atoms with Crippen molar-refractivity contribution in [1.82, 2.24) is 0 Å². The van der Waals surface area contributed by atoms with E-state index < -0.39 is 18.5 Å². The lowest BCUT2D eigenvalue weighted by molar-refractivity contribution is -0.142. The van der Waals surface area contributed by atoms with Crippen molar-refractivity contribution in [3.05, 3.63) is 52.0 Å². The third-order valence-corrected chi connectivity index (χ3v) is 4.22. The summed E-state index contributed by atoms with van der Waals surface area (Å²) in [5.74, 6) is 0.0900. The van der Waals surface area contributed by atoms with Gasteiger partial charge in [-0.15, -0.1) is 0 Å². The van der Waals surface area contributed by atoms with Gasteiger partial charge in [-0.2, -0.15) is 0 Å². The molecule has 0 radical (unpaired) electrons. The van der Waals surface area contributed by atoms with Crippen molar-refractivity contribution in [3.63, 3.8) is 0 Å². The molecule has 0 aliphatic rings. The summed E-state index contributed by atoms with van der Waals surface area (Å²) in [7, 11) is 4.44. The summed E-state index contributed by atoms with van der Waals surface area (Å²) < 4.78 is 20.3. The second-order valence-corrected chi connectivity index (χ2v) is 6.39. The highest BCUT2D eigenvalue weighted by Gasteiger charge is 2.11. The molecule has 2 aromatic carbocycles. The van der Waals surface area contributed by atoms with Gasteiger partial charge in [0.05, 0.1) is 31.4 Å². The van der Waals surface area contributed by atoms with E-state index in [1.54, 1.807) is 24.3 Å². The number of rotatable bonds is 8. The maximum Gasteiger partial charge on any atom is 0.331 e. The normalized spacial score (nSPS) is 10.5. The fourth-order valence-corrected chi connectivity index (χ4v) is 2.88. The van der Waals surface area contributed by atoms with E-state index in [4.69, 9.17) is 42.1 Å². The van der Waals surface area contributed by atoms with Gasteiger partial charge >= 0.3 is 5.97 Å². The molecule has 1 N–H and O–H groups in total. The SMILES string of the molecule is COc1ccc(NC(=O)COC(=O)/C=C/c2cc(Cl)c(OC)c(OC)c2)cc1Cl. The van der Waals surface area contributed by atoms with Crippen molar-refractivity contribution in [1.29, 1.82) is 0 Å². The number of carbonyl (C=O) groups is 2. The fraction of sp³-hybridized carbons (Fsp3) is 0.200. The Morgan fingerprint density at radius 1 is 0.966 bits per heavy atom. The Morgan fingerprint density at radius 2 is 1.69 bits per heavy atom. The van der Waals surface area contributed by atoms with Crippen molar-refractivity contribution in [3.8, 4) is 17.2 Å². The number of ether oxygens (including phenoxy) is 4. The van der Waals surface area contributed by atoms with Crippen molar-refractivity contribution in [2.75, 3.05) is 33.3 Å². The van der Waals surface area contributed by atoms with Gasteiger partial charge in [0.15, 0.2) is 18.1 Å². The minimum Gasteiger partial charge on any atom is -0.495 e. The first-order chi connectivity index (χ1) is 13.9. The zero-order valence-corrected chi connectivity index (χ0v) is 17.5. The topological polar surface area (TPSA) is 83.1 Å². The molecule has 0 aliphatic carbocycles. The predicted molar refractivity (Wildman–Crippen MR) is 111 cm³/mol. The number of benzene rings is 2. The van der Waals surface area contributed by atoms with E-state index in [-0.39, 0.29) is 0 Å². The number of nitrogens with one attached hydrogen (secondary N) is 1. The average molecular weight is 440 g/mol. The number of methoxy groups -OCH3 is 3. The Hall–Kier alpha value is -2.90. The van der Waals surface area contributed by atoms with Gasteiger partial charge in [-0.1, -0.05) is 23.2 Å². The number of hydrogen-bond donors (Lipinski definition) is 1. The summed E-state index contributed by atoms with van der Waals surface area (Å²) in [5.41, 5.74) is 1.05. The van der Waals surface area contributed by atoms with Crippen molar-refractivity contribution in [2.24, 2.45) is 0 Å². The van der Waals surface area contributed by atoms with Gasteiger partial charge in [0.25, 0.3) is 5.91 Å². The first-order valence-corrected chi connectivity index (χ1v) is 9.03. The van der Waals surface area contributed by atoms with Crippen LogP contribution in [0.4, 0.5) is 5.69 Å². The van der Waals surface area contributed by atoms with Crippen LogP contribution in [0.2, 0.25) is 10.0 Å². The number of esters is 1. The Kier molecular flexibility index (Phi) is 8.18. The van der Waals surface area contributed by atoms with E-state index >= 15 is 0 Å². The minimum atomic E-state index is -0.696. The Labute approximate surface area is 178 Å². The highest BCUT2D eigenvalue weighted by atomic mass is 35.5. The largest absolute Gasteiger partial charge is 0.495 e. The predicted octanol–water partition coefficient (Wildman–Crippen LogP) is 4.21. The molecular weight excluding hydrogens is 421 g/mol. The second kappa shape index (κ2) is 10.6. The van der Waals surface area contributed by atoms with Crippen LogP contribution in [0.3, 0.4) is 0 Å². The van der Waals surface area contributed by atoms with Gasteiger partial charge in [0.2, 0.25) is 0 Å². The van der Waals surface area contributed by atoms with Crippen molar-refractivity contribution in [2.45, 2.75) is 0 Å². The summed E-state index contributed by atoms with van der Waals surface area (Å²) >= 11 is 12.1. The van der Waals surface area contributed by atoms with Crippen LogP contribution in [0, 0.1) is 0 Å². The van der Waals surface area contributed by atoms with Crippen LogP contribution < -0.4 is 19.5 Å². The monoisotopic (exact) mass is 439 g/mol. The molecule has 0 fully saturated rings. The number of hydrogen-bond acceptors (Lipinski definition) is 6. The van der Waals surface area contributed by atoms with E-state index in [0.717, 1.165) is 0 Å². The maximum atomic E-state index is 11.9. The molecule has 29 heavy (non-hydrogen) atoms. The zero-order valence-electron chi connectivity index (χ0n) is 16.0. The van der Waals surface area contributed by atoms with E-state index in [1.165, 1.54) is 39.5 Å². The molecule has 0 saturated heterocycles. The molecule has 0 bridgehead atoms. The molecule has 0 aromatic heterocycles. The number of anilines is 1. The highest BCUT2D eigenvalue weighted by Crippen LogP contribution is 2.36.